The van der Waals surface area contributed by atoms with E-state index in [4.69, 9.17) is 14.3 Å². The Morgan fingerprint density at radius 3 is 2.44 bits per heavy atom. The number of methoxy groups -OCH3 is 1. The number of aliphatic hydroxyl groups is 1. The maximum absolute atomic E-state index is 9.16. The van der Waals surface area contributed by atoms with Crippen molar-refractivity contribution in [2.45, 2.75) is 32.2 Å². The summed E-state index contributed by atoms with van der Waals surface area (Å²) in [5, 5.41) is 9.34. The molecule has 0 aromatic heterocycles. The molecule has 0 amide bonds. The maximum atomic E-state index is 9.16. The van der Waals surface area contributed by atoms with Gasteiger partial charge in [0.2, 0.25) is 9.04 Å². The molecule has 3 nitrogen and oxygen atoms in total. The summed E-state index contributed by atoms with van der Waals surface area (Å²) in [6.07, 6.45) is 3.35. The number of aliphatic hydroxyl groups excluding tert-OH is 1. The van der Waals surface area contributed by atoms with Gasteiger partial charge in [0.05, 0.1) is 6.23 Å². The van der Waals surface area contributed by atoms with Crippen molar-refractivity contribution in [3.63, 3.8) is 0 Å². The van der Waals surface area contributed by atoms with Gasteiger partial charge in [-0.05, 0) is 11.5 Å². The van der Waals surface area contributed by atoms with E-state index in [9.17, 15) is 0 Å². The standard InChI is InChI=1S/C12H26O3Si/c1-6-7-11(8-13)9-15-16(10-14-5)12(2,3)4/h6,11,13,16H,1,7-10H2,2-5H3. The second kappa shape index (κ2) is 8.01. The molecule has 1 N–H and O–H groups in total. The van der Waals surface area contributed by atoms with Crippen LogP contribution in [-0.4, -0.2) is 40.7 Å². The van der Waals surface area contributed by atoms with Crippen molar-refractivity contribution in [3.8, 4) is 0 Å². The normalized spacial score (nSPS) is 15.8. The number of rotatable bonds is 8. The van der Waals surface area contributed by atoms with E-state index in [0.717, 1.165) is 12.7 Å². The monoisotopic (exact) mass is 246 g/mol. The van der Waals surface area contributed by atoms with Crippen LogP contribution in [0, 0.1) is 5.92 Å². The number of ether oxygens (including phenoxy) is 1. The van der Waals surface area contributed by atoms with E-state index in [0.29, 0.717) is 6.61 Å². The summed E-state index contributed by atoms with van der Waals surface area (Å²) in [4.78, 5) is 0. The van der Waals surface area contributed by atoms with Gasteiger partial charge in [0.1, 0.15) is 0 Å². The van der Waals surface area contributed by atoms with E-state index in [-0.39, 0.29) is 17.6 Å². The molecule has 0 aliphatic rings. The average molecular weight is 246 g/mol. The summed E-state index contributed by atoms with van der Waals surface area (Å²) in [6.45, 7) is 11.0. The zero-order chi connectivity index (χ0) is 12.6. The van der Waals surface area contributed by atoms with Crippen molar-refractivity contribution in [3.05, 3.63) is 12.7 Å². The minimum absolute atomic E-state index is 0.157. The third kappa shape index (κ3) is 6.43. The van der Waals surface area contributed by atoms with Crippen LogP contribution in [0.3, 0.4) is 0 Å². The predicted octanol–water partition coefficient (Wildman–Crippen LogP) is 1.90. The molecule has 0 radical (unpaired) electrons. The summed E-state index contributed by atoms with van der Waals surface area (Å²) in [6, 6.07) is 0. The van der Waals surface area contributed by atoms with Crippen LogP contribution in [0.5, 0.6) is 0 Å². The van der Waals surface area contributed by atoms with Crippen LogP contribution in [0.2, 0.25) is 5.04 Å². The molecular formula is C12H26O3Si. The highest BCUT2D eigenvalue weighted by Gasteiger charge is 2.28. The summed E-state index contributed by atoms with van der Waals surface area (Å²) in [5.41, 5.74) is 0. The predicted molar refractivity (Wildman–Crippen MR) is 70.1 cm³/mol. The van der Waals surface area contributed by atoms with Crippen LogP contribution in [0.4, 0.5) is 0 Å². The lowest BCUT2D eigenvalue weighted by Gasteiger charge is -2.29. The minimum Gasteiger partial charge on any atom is -0.417 e. The molecule has 0 heterocycles. The van der Waals surface area contributed by atoms with E-state index in [1.54, 1.807) is 7.11 Å². The molecule has 0 bridgehead atoms. The Balaban J connectivity index is 4.14. The second-order valence-corrected chi connectivity index (χ2v) is 8.59. The van der Waals surface area contributed by atoms with Crippen LogP contribution in [-0.2, 0) is 9.16 Å². The zero-order valence-electron chi connectivity index (χ0n) is 11.0. The molecule has 0 rings (SSSR count). The molecule has 0 aromatic rings. The Morgan fingerprint density at radius 1 is 1.44 bits per heavy atom. The molecule has 0 saturated heterocycles. The SMILES string of the molecule is C=CCC(CO)CO[SiH](COC)C(C)(C)C. The van der Waals surface area contributed by atoms with Crippen molar-refractivity contribution in [1.82, 2.24) is 0 Å². The molecule has 0 spiro atoms. The first-order valence-corrected chi connectivity index (χ1v) is 7.64. The van der Waals surface area contributed by atoms with Crippen molar-refractivity contribution < 1.29 is 14.3 Å². The van der Waals surface area contributed by atoms with Gasteiger partial charge < -0.3 is 14.3 Å². The first-order valence-electron chi connectivity index (χ1n) is 5.78. The largest absolute Gasteiger partial charge is 0.417 e. The molecule has 96 valence electrons. The molecule has 2 atom stereocenters. The number of allylic oxidation sites excluding steroid dienone is 1. The summed E-state index contributed by atoms with van der Waals surface area (Å²) < 4.78 is 11.2. The van der Waals surface area contributed by atoms with Gasteiger partial charge in [-0.15, -0.1) is 6.58 Å². The minimum atomic E-state index is -1.38. The highest BCUT2D eigenvalue weighted by atomic mass is 28.3. The third-order valence-corrected chi connectivity index (χ3v) is 5.74. The summed E-state index contributed by atoms with van der Waals surface area (Å²) in [5.74, 6) is 0.173. The Kier molecular flexibility index (Phi) is 7.92. The average Bonchev–Trinajstić information content (AvgIpc) is 2.20. The quantitative estimate of drug-likeness (QED) is 0.525. The van der Waals surface area contributed by atoms with Gasteiger partial charge >= 0.3 is 0 Å². The lowest BCUT2D eigenvalue weighted by molar-refractivity contribution is 0.147. The zero-order valence-corrected chi connectivity index (χ0v) is 12.2. The van der Waals surface area contributed by atoms with E-state index < -0.39 is 9.04 Å². The van der Waals surface area contributed by atoms with Gasteiger partial charge in [0.25, 0.3) is 0 Å². The Morgan fingerprint density at radius 2 is 2.06 bits per heavy atom. The van der Waals surface area contributed by atoms with Crippen molar-refractivity contribution >= 4 is 9.04 Å². The Hall–Kier alpha value is -0.163. The van der Waals surface area contributed by atoms with E-state index >= 15 is 0 Å². The molecule has 2 unspecified atom stereocenters. The Bertz CT molecular complexity index is 189. The van der Waals surface area contributed by atoms with Gasteiger partial charge in [-0.25, -0.2) is 0 Å². The Labute approximate surface area is 101 Å². The summed E-state index contributed by atoms with van der Waals surface area (Å²) >= 11 is 0. The fourth-order valence-electron chi connectivity index (χ4n) is 1.38. The van der Waals surface area contributed by atoms with Gasteiger partial charge in [0.15, 0.2) is 0 Å². The van der Waals surface area contributed by atoms with Gasteiger partial charge in [-0.2, -0.15) is 0 Å². The fraction of sp³-hybridized carbons (Fsp3) is 0.833. The topological polar surface area (TPSA) is 38.7 Å². The van der Waals surface area contributed by atoms with Gasteiger partial charge in [-0.3, -0.25) is 0 Å². The smallest absolute Gasteiger partial charge is 0.207 e. The first-order chi connectivity index (χ1) is 7.45. The molecule has 0 aliphatic carbocycles. The maximum Gasteiger partial charge on any atom is 0.207 e. The molecule has 0 aromatic carbocycles. The molecule has 16 heavy (non-hydrogen) atoms. The van der Waals surface area contributed by atoms with Crippen LogP contribution in [0.1, 0.15) is 27.2 Å². The molecule has 4 heteroatoms. The molecular weight excluding hydrogens is 220 g/mol. The molecule has 0 saturated carbocycles. The second-order valence-electron chi connectivity index (χ2n) is 5.22. The lowest BCUT2D eigenvalue weighted by atomic mass is 10.1. The van der Waals surface area contributed by atoms with E-state index in [2.05, 4.69) is 27.4 Å². The highest BCUT2D eigenvalue weighted by molar-refractivity contribution is 6.55. The van der Waals surface area contributed by atoms with E-state index in [1.165, 1.54) is 0 Å². The number of hydrogen-bond donors (Lipinski definition) is 1. The van der Waals surface area contributed by atoms with Gasteiger partial charge in [0, 0.05) is 26.2 Å². The molecule has 0 fully saturated rings. The van der Waals surface area contributed by atoms with Crippen molar-refractivity contribution in [1.29, 1.82) is 0 Å². The van der Waals surface area contributed by atoms with Crippen LogP contribution in [0.25, 0.3) is 0 Å². The highest BCUT2D eigenvalue weighted by Crippen LogP contribution is 2.28. The third-order valence-electron chi connectivity index (χ3n) is 2.58. The van der Waals surface area contributed by atoms with Crippen LogP contribution in [0.15, 0.2) is 12.7 Å². The van der Waals surface area contributed by atoms with Crippen LogP contribution < -0.4 is 0 Å². The first kappa shape index (κ1) is 15.8. The lowest BCUT2D eigenvalue weighted by Crippen LogP contribution is -2.36. The molecule has 0 aliphatic heterocycles. The van der Waals surface area contributed by atoms with Crippen molar-refractivity contribution in [2.75, 3.05) is 26.6 Å². The van der Waals surface area contributed by atoms with Crippen LogP contribution >= 0.6 is 0 Å². The fourth-order valence-corrected chi connectivity index (χ4v) is 3.29. The number of hydrogen-bond acceptors (Lipinski definition) is 3. The van der Waals surface area contributed by atoms with E-state index in [1.807, 2.05) is 6.08 Å². The van der Waals surface area contributed by atoms with Crippen molar-refractivity contribution in [2.24, 2.45) is 5.92 Å². The van der Waals surface area contributed by atoms with Gasteiger partial charge in [-0.1, -0.05) is 26.8 Å². The summed E-state index contributed by atoms with van der Waals surface area (Å²) in [7, 11) is 0.326.